The number of hydrogen-bond donors (Lipinski definition) is 0. The summed E-state index contributed by atoms with van der Waals surface area (Å²) in [7, 11) is -1.68. The highest BCUT2D eigenvalue weighted by Crippen LogP contribution is 2.43. The Bertz CT molecular complexity index is 600. The molecular formula is C17H28N2O4S. The molecule has 6 nitrogen and oxygen atoms in total. The minimum Gasteiger partial charge on any atom is -0.383 e. The van der Waals surface area contributed by atoms with E-state index in [0.717, 1.165) is 38.5 Å². The van der Waals surface area contributed by atoms with Crippen LogP contribution in [0.1, 0.15) is 38.5 Å². The van der Waals surface area contributed by atoms with Gasteiger partial charge in [-0.2, -0.15) is 4.31 Å². The Labute approximate surface area is 144 Å². The number of sulfonamides is 1. The van der Waals surface area contributed by atoms with Gasteiger partial charge in [-0.05, 0) is 38.5 Å². The van der Waals surface area contributed by atoms with Crippen LogP contribution in [0.2, 0.25) is 0 Å². The van der Waals surface area contributed by atoms with Crippen molar-refractivity contribution in [3.8, 4) is 0 Å². The molecule has 1 atom stereocenters. The highest BCUT2D eigenvalue weighted by atomic mass is 32.2. The zero-order chi connectivity index (χ0) is 17.4. The Hall–Kier alpha value is -0.920. The Balaban J connectivity index is 1.70. The van der Waals surface area contributed by atoms with Gasteiger partial charge in [-0.1, -0.05) is 12.2 Å². The van der Waals surface area contributed by atoms with E-state index < -0.39 is 10.0 Å². The summed E-state index contributed by atoms with van der Waals surface area (Å²) in [4.78, 5) is 14.5. The molecule has 3 rings (SSSR count). The largest absolute Gasteiger partial charge is 0.383 e. The summed E-state index contributed by atoms with van der Waals surface area (Å²) in [5, 5.41) is 0. The lowest BCUT2D eigenvalue weighted by molar-refractivity contribution is -0.137. The third kappa shape index (κ3) is 3.26. The quantitative estimate of drug-likeness (QED) is 0.714. The molecule has 24 heavy (non-hydrogen) atoms. The number of methoxy groups -OCH3 is 1. The van der Waals surface area contributed by atoms with Gasteiger partial charge >= 0.3 is 0 Å². The Morgan fingerprint density at radius 2 is 1.83 bits per heavy atom. The first-order valence-electron chi connectivity index (χ1n) is 8.80. The van der Waals surface area contributed by atoms with E-state index in [4.69, 9.17) is 4.74 Å². The standard InChI is InChI=1S/C17H28N2O4S/c1-23-13-15-7-8-17(19(15)24(2,21)22)9-11-18(12-10-17)16(20)14-5-3-4-6-14/h3-4,14-15H,5-13H2,1-2H3. The van der Waals surface area contributed by atoms with Crippen molar-refractivity contribution in [3.05, 3.63) is 12.2 Å². The van der Waals surface area contributed by atoms with Crippen LogP contribution in [-0.4, -0.2) is 68.2 Å². The summed E-state index contributed by atoms with van der Waals surface area (Å²) in [6.45, 7) is 1.74. The Morgan fingerprint density at radius 3 is 2.38 bits per heavy atom. The summed E-state index contributed by atoms with van der Waals surface area (Å²) in [6.07, 6.45) is 10.3. The molecule has 0 aromatic heterocycles. The van der Waals surface area contributed by atoms with Crippen LogP contribution in [-0.2, 0) is 19.6 Å². The molecule has 2 saturated heterocycles. The van der Waals surface area contributed by atoms with Gasteiger partial charge in [0.1, 0.15) is 0 Å². The first-order chi connectivity index (χ1) is 11.4. The number of piperidine rings is 1. The van der Waals surface area contributed by atoms with E-state index in [0.29, 0.717) is 19.7 Å². The highest BCUT2D eigenvalue weighted by Gasteiger charge is 2.52. The van der Waals surface area contributed by atoms with Crippen molar-refractivity contribution in [2.75, 3.05) is 33.1 Å². The molecular weight excluding hydrogens is 328 g/mol. The number of allylic oxidation sites excluding steroid dienone is 2. The summed E-state index contributed by atoms with van der Waals surface area (Å²) in [6, 6.07) is -0.0775. The van der Waals surface area contributed by atoms with E-state index >= 15 is 0 Å². The van der Waals surface area contributed by atoms with Gasteiger partial charge in [0, 0.05) is 37.7 Å². The molecule has 1 amide bonds. The summed E-state index contributed by atoms with van der Waals surface area (Å²) in [5.41, 5.74) is -0.332. The van der Waals surface area contributed by atoms with Crippen LogP contribution in [0.4, 0.5) is 0 Å². The van der Waals surface area contributed by atoms with Crippen molar-refractivity contribution in [1.82, 2.24) is 9.21 Å². The van der Waals surface area contributed by atoms with Gasteiger partial charge in [-0.15, -0.1) is 0 Å². The van der Waals surface area contributed by atoms with Crippen LogP contribution in [0, 0.1) is 5.92 Å². The van der Waals surface area contributed by atoms with Crippen molar-refractivity contribution >= 4 is 15.9 Å². The summed E-state index contributed by atoms with van der Waals surface area (Å²) in [5.74, 6) is 0.321. The number of carbonyl (C=O) groups excluding carboxylic acids is 1. The lowest BCUT2D eigenvalue weighted by Gasteiger charge is -2.45. The minimum absolute atomic E-state index is 0.0775. The van der Waals surface area contributed by atoms with Gasteiger partial charge in [-0.3, -0.25) is 4.79 Å². The zero-order valence-electron chi connectivity index (χ0n) is 14.6. The predicted octanol–water partition coefficient (Wildman–Crippen LogP) is 1.38. The van der Waals surface area contributed by atoms with E-state index in [1.807, 2.05) is 4.90 Å². The molecule has 3 aliphatic rings. The van der Waals surface area contributed by atoms with Crippen LogP contribution >= 0.6 is 0 Å². The normalized spacial score (nSPS) is 28.1. The molecule has 136 valence electrons. The fourth-order valence-corrected chi connectivity index (χ4v) is 6.39. The number of rotatable bonds is 4. The van der Waals surface area contributed by atoms with Crippen LogP contribution in [0.25, 0.3) is 0 Å². The molecule has 0 aromatic rings. The van der Waals surface area contributed by atoms with Crippen molar-refractivity contribution in [2.24, 2.45) is 5.92 Å². The third-order valence-corrected chi connectivity index (χ3v) is 7.22. The number of hydrogen-bond acceptors (Lipinski definition) is 4. The maximum atomic E-state index is 12.6. The van der Waals surface area contributed by atoms with Crippen molar-refractivity contribution < 1.29 is 17.9 Å². The number of ether oxygens (including phenoxy) is 1. The smallest absolute Gasteiger partial charge is 0.226 e. The van der Waals surface area contributed by atoms with E-state index in [1.165, 1.54) is 6.26 Å². The van der Waals surface area contributed by atoms with Gasteiger partial charge in [0.25, 0.3) is 0 Å². The molecule has 0 N–H and O–H groups in total. The lowest BCUT2D eigenvalue weighted by Crippen LogP contribution is -2.57. The SMILES string of the molecule is COCC1CCC2(CCN(C(=O)C3CC=CC3)CC2)N1S(C)(=O)=O. The van der Waals surface area contributed by atoms with Crippen LogP contribution in [0.5, 0.6) is 0 Å². The number of amides is 1. The predicted molar refractivity (Wildman–Crippen MR) is 92.0 cm³/mol. The molecule has 0 radical (unpaired) electrons. The van der Waals surface area contributed by atoms with Gasteiger partial charge in [0.2, 0.25) is 15.9 Å². The van der Waals surface area contributed by atoms with E-state index in [-0.39, 0.29) is 23.4 Å². The zero-order valence-corrected chi connectivity index (χ0v) is 15.4. The third-order valence-electron chi connectivity index (χ3n) is 5.82. The lowest BCUT2D eigenvalue weighted by atomic mass is 9.85. The Morgan fingerprint density at radius 1 is 1.21 bits per heavy atom. The van der Waals surface area contributed by atoms with Crippen molar-refractivity contribution in [3.63, 3.8) is 0 Å². The minimum atomic E-state index is -3.30. The molecule has 0 saturated carbocycles. The maximum Gasteiger partial charge on any atom is 0.226 e. The average Bonchev–Trinajstić information content (AvgIpc) is 3.16. The van der Waals surface area contributed by atoms with Crippen molar-refractivity contribution in [1.29, 1.82) is 0 Å². The second-order valence-electron chi connectivity index (χ2n) is 7.40. The fraction of sp³-hybridized carbons (Fsp3) is 0.824. The number of likely N-dealkylation sites (tertiary alicyclic amines) is 1. The molecule has 2 fully saturated rings. The summed E-state index contributed by atoms with van der Waals surface area (Å²) >= 11 is 0. The second-order valence-corrected chi connectivity index (χ2v) is 9.26. The number of carbonyl (C=O) groups is 1. The summed E-state index contributed by atoms with van der Waals surface area (Å²) < 4.78 is 31.7. The fourth-order valence-electron chi connectivity index (χ4n) is 4.71. The van der Waals surface area contributed by atoms with Crippen LogP contribution < -0.4 is 0 Å². The molecule has 2 heterocycles. The average molecular weight is 356 g/mol. The molecule has 0 aromatic carbocycles. The van der Waals surface area contributed by atoms with Crippen LogP contribution in [0.15, 0.2) is 12.2 Å². The van der Waals surface area contributed by atoms with Gasteiger partial charge in [0.05, 0.1) is 12.9 Å². The van der Waals surface area contributed by atoms with Crippen LogP contribution in [0.3, 0.4) is 0 Å². The highest BCUT2D eigenvalue weighted by molar-refractivity contribution is 7.88. The first kappa shape index (κ1) is 17.9. The second kappa shape index (κ2) is 6.77. The van der Waals surface area contributed by atoms with E-state index in [9.17, 15) is 13.2 Å². The molecule has 1 aliphatic carbocycles. The van der Waals surface area contributed by atoms with Gasteiger partial charge in [0.15, 0.2) is 0 Å². The maximum absolute atomic E-state index is 12.6. The molecule has 1 unspecified atom stereocenters. The van der Waals surface area contributed by atoms with Crippen molar-refractivity contribution in [2.45, 2.75) is 50.1 Å². The van der Waals surface area contributed by atoms with E-state index in [1.54, 1.807) is 11.4 Å². The number of nitrogens with zero attached hydrogens (tertiary/aromatic N) is 2. The molecule has 1 spiro atoms. The Kier molecular flexibility index (Phi) is 5.04. The van der Waals surface area contributed by atoms with E-state index in [2.05, 4.69) is 12.2 Å². The monoisotopic (exact) mass is 356 g/mol. The van der Waals surface area contributed by atoms with Gasteiger partial charge in [-0.25, -0.2) is 8.42 Å². The first-order valence-corrected chi connectivity index (χ1v) is 10.6. The topological polar surface area (TPSA) is 66.9 Å². The van der Waals surface area contributed by atoms with Gasteiger partial charge < -0.3 is 9.64 Å². The molecule has 0 bridgehead atoms. The molecule has 7 heteroatoms. The molecule has 2 aliphatic heterocycles.